The first-order chi connectivity index (χ1) is 15.0. The van der Waals surface area contributed by atoms with Gasteiger partial charge >= 0.3 is 5.97 Å². The molecule has 2 N–H and O–H groups in total. The highest BCUT2D eigenvalue weighted by Gasteiger charge is 2.31. The number of carboxylic acid groups (broad SMARTS) is 1. The lowest BCUT2D eigenvalue weighted by Crippen LogP contribution is -2.40. The van der Waals surface area contributed by atoms with Crippen molar-refractivity contribution < 1.29 is 19.4 Å². The van der Waals surface area contributed by atoms with Crippen LogP contribution in [0.5, 0.6) is 5.75 Å². The number of hydrogen-bond donors (Lipinski definition) is 2. The standard InChI is InChI=1S/C24H25N3O4/c1-16-14-25-21-9-5-8-20(27(16)21)23(28)26-22(24(29)30)18-10-12-19(13-11-18)31-15-17-6-3-2-4-7-17/h2-4,6-7,10-14,20,22H,5,8-9,15H2,1H3,(H,26,28)(H,29,30). The molecule has 160 valence electrons. The topological polar surface area (TPSA) is 93.5 Å². The van der Waals surface area contributed by atoms with Gasteiger partial charge in [0, 0.05) is 18.3 Å². The molecule has 2 unspecified atom stereocenters. The minimum Gasteiger partial charge on any atom is -0.489 e. The highest BCUT2D eigenvalue weighted by atomic mass is 16.5. The highest BCUT2D eigenvalue weighted by molar-refractivity contribution is 5.87. The Hall–Kier alpha value is -3.61. The van der Waals surface area contributed by atoms with Crippen LogP contribution in [0.2, 0.25) is 0 Å². The summed E-state index contributed by atoms with van der Waals surface area (Å²) in [6.45, 7) is 2.33. The predicted molar refractivity (Wildman–Crippen MR) is 115 cm³/mol. The molecule has 0 radical (unpaired) electrons. The van der Waals surface area contributed by atoms with Crippen LogP contribution in [-0.2, 0) is 22.6 Å². The number of aryl methyl sites for hydroxylation is 2. The smallest absolute Gasteiger partial charge is 0.330 e. The molecule has 0 bridgehead atoms. The van der Waals surface area contributed by atoms with E-state index in [4.69, 9.17) is 4.74 Å². The third-order valence-electron chi connectivity index (χ3n) is 5.55. The number of aliphatic carboxylic acids is 1. The third kappa shape index (κ3) is 4.60. The summed E-state index contributed by atoms with van der Waals surface area (Å²) in [6.07, 6.45) is 4.09. The Balaban J connectivity index is 1.45. The van der Waals surface area contributed by atoms with Gasteiger partial charge in [0.1, 0.15) is 24.2 Å². The van der Waals surface area contributed by atoms with Gasteiger partial charge in [-0.25, -0.2) is 9.78 Å². The first kappa shape index (κ1) is 20.7. The largest absolute Gasteiger partial charge is 0.489 e. The van der Waals surface area contributed by atoms with Crippen molar-refractivity contribution in [3.05, 3.63) is 83.4 Å². The molecule has 7 nitrogen and oxygen atoms in total. The lowest BCUT2D eigenvalue weighted by Gasteiger charge is -2.27. The minimum atomic E-state index is -1.13. The second-order valence-electron chi connectivity index (χ2n) is 7.72. The van der Waals surface area contributed by atoms with Crippen LogP contribution in [-0.4, -0.2) is 26.5 Å². The second kappa shape index (κ2) is 9.04. The van der Waals surface area contributed by atoms with Gasteiger partial charge in [-0.05, 0) is 43.0 Å². The average Bonchev–Trinajstić information content (AvgIpc) is 3.18. The number of amides is 1. The minimum absolute atomic E-state index is 0.307. The van der Waals surface area contributed by atoms with E-state index in [1.54, 1.807) is 30.5 Å². The monoisotopic (exact) mass is 419 g/mol. The van der Waals surface area contributed by atoms with E-state index in [2.05, 4.69) is 10.3 Å². The van der Waals surface area contributed by atoms with E-state index in [1.807, 2.05) is 41.8 Å². The van der Waals surface area contributed by atoms with Crippen molar-refractivity contribution >= 4 is 11.9 Å². The molecule has 1 aromatic heterocycles. The van der Waals surface area contributed by atoms with E-state index in [9.17, 15) is 14.7 Å². The Morgan fingerprint density at radius 2 is 1.94 bits per heavy atom. The molecule has 2 aromatic carbocycles. The Bertz CT molecular complexity index is 1060. The molecule has 2 atom stereocenters. The lowest BCUT2D eigenvalue weighted by molar-refractivity contribution is -0.142. The molecule has 0 saturated heterocycles. The number of carbonyl (C=O) groups is 2. The van der Waals surface area contributed by atoms with Crippen molar-refractivity contribution in [3.8, 4) is 5.75 Å². The van der Waals surface area contributed by atoms with Gasteiger partial charge in [0.15, 0.2) is 6.04 Å². The number of fused-ring (bicyclic) bond motifs is 1. The van der Waals surface area contributed by atoms with E-state index < -0.39 is 18.1 Å². The fourth-order valence-corrected chi connectivity index (χ4v) is 3.96. The van der Waals surface area contributed by atoms with E-state index in [-0.39, 0.29) is 5.91 Å². The predicted octanol–water partition coefficient (Wildman–Crippen LogP) is 3.59. The molecular weight excluding hydrogens is 394 g/mol. The zero-order valence-corrected chi connectivity index (χ0v) is 17.3. The number of nitrogens with zero attached hydrogens (tertiary/aromatic N) is 2. The van der Waals surface area contributed by atoms with Gasteiger partial charge in [-0.3, -0.25) is 4.79 Å². The summed E-state index contributed by atoms with van der Waals surface area (Å²) in [5.41, 5.74) is 2.44. The van der Waals surface area contributed by atoms with E-state index in [0.29, 0.717) is 24.3 Å². The normalized spacial score (nSPS) is 16.2. The van der Waals surface area contributed by atoms with E-state index >= 15 is 0 Å². The number of rotatable bonds is 7. The molecular formula is C24H25N3O4. The Morgan fingerprint density at radius 1 is 1.19 bits per heavy atom. The lowest BCUT2D eigenvalue weighted by atomic mass is 10.0. The summed E-state index contributed by atoms with van der Waals surface area (Å²) in [5.74, 6) is 0.0910. The zero-order chi connectivity index (χ0) is 21.8. The highest BCUT2D eigenvalue weighted by Crippen LogP contribution is 2.27. The summed E-state index contributed by atoms with van der Waals surface area (Å²) < 4.78 is 7.68. The van der Waals surface area contributed by atoms with Crippen molar-refractivity contribution in [2.45, 2.75) is 44.9 Å². The fraction of sp³-hybridized carbons (Fsp3) is 0.292. The maximum absolute atomic E-state index is 13.0. The molecule has 4 rings (SSSR count). The van der Waals surface area contributed by atoms with Crippen LogP contribution < -0.4 is 10.1 Å². The van der Waals surface area contributed by atoms with Crippen molar-refractivity contribution in [2.75, 3.05) is 0 Å². The Morgan fingerprint density at radius 3 is 2.65 bits per heavy atom. The molecule has 0 spiro atoms. The molecule has 31 heavy (non-hydrogen) atoms. The number of carbonyl (C=O) groups excluding carboxylic acids is 1. The van der Waals surface area contributed by atoms with Gasteiger partial charge < -0.3 is 19.7 Å². The van der Waals surface area contributed by atoms with Crippen LogP contribution in [0.4, 0.5) is 0 Å². The van der Waals surface area contributed by atoms with E-state index in [1.165, 1.54) is 0 Å². The average molecular weight is 419 g/mol. The van der Waals surface area contributed by atoms with Crippen molar-refractivity contribution in [2.24, 2.45) is 0 Å². The number of ether oxygens (including phenoxy) is 1. The van der Waals surface area contributed by atoms with Gasteiger partial charge in [0.25, 0.3) is 0 Å². The molecule has 7 heteroatoms. The van der Waals surface area contributed by atoms with Crippen LogP contribution in [0, 0.1) is 6.92 Å². The van der Waals surface area contributed by atoms with Crippen LogP contribution in [0.25, 0.3) is 0 Å². The summed E-state index contributed by atoms with van der Waals surface area (Å²) >= 11 is 0. The Kier molecular flexibility index (Phi) is 6.02. The second-order valence-corrected chi connectivity index (χ2v) is 7.72. The number of aromatic nitrogens is 2. The number of imidazole rings is 1. The first-order valence-electron chi connectivity index (χ1n) is 10.4. The van der Waals surface area contributed by atoms with Crippen LogP contribution in [0.1, 0.15) is 47.6 Å². The molecule has 1 aliphatic heterocycles. The first-order valence-corrected chi connectivity index (χ1v) is 10.4. The van der Waals surface area contributed by atoms with Crippen molar-refractivity contribution in [1.29, 1.82) is 0 Å². The van der Waals surface area contributed by atoms with Crippen LogP contribution in [0.3, 0.4) is 0 Å². The summed E-state index contributed by atoms with van der Waals surface area (Å²) in [7, 11) is 0. The summed E-state index contributed by atoms with van der Waals surface area (Å²) in [5, 5.41) is 12.4. The van der Waals surface area contributed by atoms with Gasteiger partial charge in [0.2, 0.25) is 5.91 Å². The van der Waals surface area contributed by atoms with Gasteiger partial charge in [-0.15, -0.1) is 0 Å². The molecule has 3 aromatic rings. The SMILES string of the molecule is Cc1cnc2n1C(C(=O)NC(C(=O)O)c1ccc(OCc3ccccc3)cc1)CCC2. The quantitative estimate of drug-likeness (QED) is 0.610. The van der Waals surface area contributed by atoms with Gasteiger partial charge in [0.05, 0.1) is 0 Å². The summed E-state index contributed by atoms with van der Waals surface area (Å²) in [4.78, 5) is 29.3. The molecule has 0 aliphatic carbocycles. The number of carboxylic acids is 1. The third-order valence-corrected chi connectivity index (χ3v) is 5.55. The van der Waals surface area contributed by atoms with Crippen LogP contribution in [0.15, 0.2) is 60.8 Å². The van der Waals surface area contributed by atoms with Crippen molar-refractivity contribution in [1.82, 2.24) is 14.9 Å². The fourth-order valence-electron chi connectivity index (χ4n) is 3.96. The Labute approximate surface area is 180 Å². The van der Waals surface area contributed by atoms with Gasteiger partial charge in [-0.2, -0.15) is 0 Å². The number of nitrogens with one attached hydrogen (secondary N) is 1. The molecule has 0 fully saturated rings. The molecule has 1 amide bonds. The number of benzene rings is 2. The summed E-state index contributed by atoms with van der Waals surface area (Å²) in [6, 6.07) is 15.0. The van der Waals surface area contributed by atoms with Crippen molar-refractivity contribution in [3.63, 3.8) is 0 Å². The molecule has 2 heterocycles. The maximum Gasteiger partial charge on any atom is 0.330 e. The maximum atomic E-state index is 13.0. The molecule has 1 aliphatic rings. The van der Waals surface area contributed by atoms with Gasteiger partial charge in [-0.1, -0.05) is 42.5 Å². The molecule has 0 saturated carbocycles. The van der Waals surface area contributed by atoms with E-state index in [0.717, 1.165) is 29.9 Å². The number of hydrogen-bond acceptors (Lipinski definition) is 4. The zero-order valence-electron chi connectivity index (χ0n) is 17.3. The van der Waals surface area contributed by atoms with Crippen LogP contribution >= 0.6 is 0 Å².